The van der Waals surface area contributed by atoms with Crippen molar-refractivity contribution in [2.75, 3.05) is 17.7 Å². The molecule has 16 heteroatoms. The summed E-state index contributed by atoms with van der Waals surface area (Å²) in [6, 6.07) is 6.97. The number of aliphatic carboxylic acids is 2. The SMILES string of the molecule is NC(=O)c1cc[n+](CC2=C(C(=O)O)N3C(=O)[C@@H](NC(=O)Cc4ccc(NC(=O)OC[C@@H](N)C(=O)O)cc4)[C@@H]3SC2)cc1. The van der Waals surface area contributed by atoms with Gasteiger partial charge in [-0.2, -0.15) is 0 Å². The highest BCUT2D eigenvalue weighted by Gasteiger charge is 2.54. The molecule has 1 aromatic heterocycles. The van der Waals surface area contributed by atoms with Gasteiger partial charge < -0.3 is 31.7 Å². The van der Waals surface area contributed by atoms with Gasteiger partial charge in [-0.1, -0.05) is 12.1 Å². The highest BCUT2D eigenvalue weighted by molar-refractivity contribution is 8.00. The predicted molar refractivity (Wildman–Crippen MR) is 146 cm³/mol. The number of nitrogens with one attached hydrogen (secondary N) is 2. The van der Waals surface area contributed by atoms with Crippen LogP contribution in [0.3, 0.4) is 0 Å². The monoisotopic (exact) mass is 599 g/mol. The van der Waals surface area contributed by atoms with Gasteiger partial charge in [0.25, 0.3) is 5.91 Å². The van der Waals surface area contributed by atoms with Crippen LogP contribution in [-0.2, 0) is 36.9 Å². The summed E-state index contributed by atoms with van der Waals surface area (Å²) in [7, 11) is 0. The molecule has 2 aromatic rings. The Hall–Kier alpha value is -4.96. The van der Waals surface area contributed by atoms with E-state index in [9.17, 15) is 33.9 Å². The minimum Gasteiger partial charge on any atom is -0.480 e. The number of carbonyl (C=O) groups is 6. The van der Waals surface area contributed by atoms with Gasteiger partial charge >= 0.3 is 18.0 Å². The molecule has 2 aliphatic rings. The number of fused-ring (bicyclic) bond motifs is 1. The summed E-state index contributed by atoms with van der Waals surface area (Å²) in [6.45, 7) is -0.327. The second-order valence-electron chi connectivity index (χ2n) is 9.38. The van der Waals surface area contributed by atoms with Gasteiger partial charge in [-0.15, -0.1) is 11.8 Å². The molecule has 0 aliphatic carbocycles. The second-order valence-corrected chi connectivity index (χ2v) is 10.5. The molecule has 42 heavy (non-hydrogen) atoms. The van der Waals surface area contributed by atoms with E-state index in [1.165, 1.54) is 40.9 Å². The molecule has 3 atom stereocenters. The fraction of sp³-hybridized carbons (Fsp3) is 0.269. The third-order valence-electron chi connectivity index (χ3n) is 6.39. The molecular formula is C26H27N6O9S+. The van der Waals surface area contributed by atoms with Crippen molar-refractivity contribution in [1.29, 1.82) is 0 Å². The van der Waals surface area contributed by atoms with Gasteiger partial charge in [0.15, 0.2) is 18.9 Å². The Morgan fingerprint density at radius 2 is 1.76 bits per heavy atom. The molecular weight excluding hydrogens is 572 g/mol. The first-order valence-electron chi connectivity index (χ1n) is 12.4. The van der Waals surface area contributed by atoms with Crippen LogP contribution in [0.1, 0.15) is 15.9 Å². The highest BCUT2D eigenvalue weighted by atomic mass is 32.2. The van der Waals surface area contributed by atoms with Crippen LogP contribution < -0.4 is 26.7 Å². The Morgan fingerprint density at radius 1 is 1.10 bits per heavy atom. The number of anilines is 1. The lowest BCUT2D eigenvalue weighted by atomic mass is 10.0. The van der Waals surface area contributed by atoms with Crippen LogP contribution in [0, 0.1) is 0 Å². The molecule has 1 aromatic carbocycles. The van der Waals surface area contributed by atoms with Crippen molar-refractivity contribution in [2.24, 2.45) is 11.5 Å². The molecule has 1 saturated heterocycles. The third-order valence-corrected chi connectivity index (χ3v) is 7.73. The number of β-lactam (4-membered cyclic amide) rings is 1. The number of rotatable bonds is 11. The maximum atomic E-state index is 12.9. The first-order valence-corrected chi connectivity index (χ1v) is 13.5. The summed E-state index contributed by atoms with van der Waals surface area (Å²) in [5, 5.41) is 23.1. The van der Waals surface area contributed by atoms with Crippen LogP contribution in [0.2, 0.25) is 0 Å². The van der Waals surface area contributed by atoms with E-state index >= 15 is 0 Å². The van der Waals surface area contributed by atoms with Gasteiger partial charge in [-0.25, -0.2) is 14.2 Å². The van der Waals surface area contributed by atoms with Crippen LogP contribution in [0.4, 0.5) is 10.5 Å². The number of hydrogen-bond acceptors (Lipinski definition) is 9. The summed E-state index contributed by atoms with van der Waals surface area (Å²) < 4.78 is 6.41. The largest absolute Gasteiger partial charge is 0.480 e. The number of aromatic nitrogens is 1. The summed E-state index contributed by atoms with van der Waals surface area (Å²) in [4.78, 5) is 72.7. The van der Waals surface area contributed by atoms with Crippen LogP contribution in [0.25, 0.3) is 0 Å². The number of pyridine rings is 1. The van der Waals surface area contributed by atoms with E-state index in [0.717, 1.165) is 0 Å². The van der Waals surface area contributed by atoms with Crippen molar-refractivity contribution >= 4 is 53.2 Å². The summed E-state index contributed by atoms with van der Waals surface area (Å²) in [5.41, 5.74) is 12.1. The standard InChI is InChI=1S/C26H26N6O9S/c27-17(24(36)37)11-41-26(40)29-16-3-1-13(2-4-16)9-18(33)30-19-22(35)32-20(25(38)39)15(12-42-23(19)32)10-31-7-5-14(6-8-31)21(28)34/h1-8,17,19,23H,9-12,27H2,(H5-,28,29,30,33,34,36,37,38,39,40)/p+1/t17-,19-,23+/m1/s1. The molecule has 0 bridgehead atoms. The normalized spacial score (nSPS) is 18.3. The number of hydrogen-bond donors (Lipinski definition) is 6. The van der Waals surface area contributed by atoms with E-state index in [2.05, 4.69) is 10.6 Å². The molecule has 8 N–H and O–H groups in total. The van der Waals surface area contributed by atoms with Crippen molar-refractivity contribution in [3.8, 4) is 0 Å². The van der Waals surface area contributed by atoms with Crippen molar-refractivity contribution in [1.82, 2.24) is 10.2 Å². The quantitative estimate of drug-likeness (QED) is 0.136. The van der Waals surface area contributed by atoms with Crippen molar-refractivity contribution < 1.29 is 48.3 Å². The molecule has 2 aliphatic heterocycles. The number of benzene rings is 1. The van der Waals surface area contributed by atoms with E-state index in [1.54, 1.807) is 29.1 Å². The number of ether oxygens (including phenoxy) is 1. The smallest absolute Gasteiger partial charge is 0.411 e. The average molecular weight is 600 g/mol. The van der Waals surface area contributed by atoms with Crippen LogP contribution in [-0.4, -0.2) is 80.7 Å². The third kappa shape index (κ3) is 6.84. The molecule has 3 heterocycles. The molecule has 0 spiro atoms. The molecule has 0 saturated carbocycles. The Bertz CT molecular complexity index is 1460. The van der Waals surface area contributed by atoms with Gasteiger partial charge in [0.2, 0.25) is 11.8 Å². The van der Waals surface area contributed by atoms with Crippen LogP contribution in [0.15, 0.2) is 60.1 Å². The predicted octanol–water partition coefficient (Wildman–Crippen LogP) is -0.985. The van der Waals surface area contributed by atoms with E-state index < -0.39 is 59.8 Å². The van der Waals surface area contributed by atoms with Gasteiger partial charge in [0.05, 0.1) is 12.0 Å². The molecule has 4 amide bonds. The Morgan fingerprint density at radius 3 is 2.36 bits per heavy atom. The molecule has 220 valence electrons. The van der Waals surface area contributed by atoms with E-state index in [0.29, 0.717) is 28.1 Å². The Kier molecular flexibility index (Phi) is 9.07. The van der Waals surface area contributed by atoms with Crippen molar-refractivity contribution in [3.63, 3.8) is 0 Å². The Labute approximate surface area is 242 Å². The fourth-order valence-corrected chi connectivity index (χ4v) is 5.59. The molecule has 1 fully saturated rings. The number of amides is 4. The van der Waals surface area contributed by atoms with Crippen LogP contribution in [0.5, 0.6) is 0 Å². The minimum absolute atomic E-state index is 0.0792. The molecule has 0 radical (unpaired) electrons. The maximum absolute atomic E-state index is 12.9. The summed E-state index contributed by atoms with van der Waals surface area (Å²) >= 11 is 1.33. The number of nitrogens with two attached hydrogens (primary N) is 2. The lowest BCUT2D eigenvalue weighted by molar-refractivity contribution is -0.689. The minimum atomic E-state index is -1.35. The second kappa shape index (κ2) is 12.7. The number of carboxylic acids is 2. The zero-order chi connectivity index (χ0) is 30.6. The number of carbonyl (C=O) groups excluding carboxylic acids is 4. The topological polar surface area (TPSA) is 235 Å². The fourth-order valence-electron chi connectivity index (χ4n) is 4.26. The average Bonchev–Trinajstić information content (AvgIpc) is 2.95. The van der Waals surface area contributed by atoms with E-state index in [1.807, 2.05) is 0 Å². The number of nitrogens with zero attached hydrogens (tertiary/aromatic N) is 2. The zero-order valence-electron chi connectivity index (χ0n) is 21.9. The number of primary amides is 1. The lowest BCUT2D eigenvalue weighted by Gasteiger charge is -2.49. The van der Waals surface area contributed by atoms with Gasteiger partial charge in [-0.3, -0.25) is 29.4 Å². The van der Waals surface area contributed by atoms with E-state index in [-0.39, 0.29) is 18.7 Å². The molecule has 0 unspecified atom stereocenters. The van der Waals surface area contributed by atoms with Gasteiger partial charge in [-0.05, 0) is 17.7 Å². The molecule has 15 nitrogen and oxygen atoms in total. The van der Waals surface area contributed by atoms with Gasteiger partial charge in [0.1, 0.15) is 29.8 Å². The lowest BCUT2D eigenvalue weighted by Crippen LogP contribution is -2.70. The first kappa shape index (κ1) is 30.0. The number of thioether (sulfide) groups is 1. The van der Waals surface area contributed by atoms with Gasteiger partial charge in [0, 0.05) is 29.1 Å². The summed E-state index contributed by atoms with van der Waals surface area (Å²) in [5.74, 6) is -3.83. The first-order chi connectivity index (χ1) is 19.9. The van der Waals surface area contributed by atoms with Crippen LogP contribution >= 0.6 is 11.8 Å². The zero-order valence-corrected chi connectivity index (χ0v) is 22.7. The van der Waals surface area contributed by atoms with Crippen molar-refractivity contribution in [3.05, 3.63) is 71.2 Å². The number of carboxylic acid groups (broad SMARTS) is 2. The van der Waals surface area contributed by atoms with Crippen molar-refractivity contribution in [2.45, 2.75) is 30.4 Å². The van der Waals surface area contributed by atoms with E-state index in [4.69, 9.17) is 21.3 Å². The summed E-state index contributed by atoms with van der Waals surface area (Å²) in [6.07, 6.45) is 2.21. The Balaban J connectivity index is 1.32. The highest BCUT2D eigenvalue weighted by Crippen LogP contribution is 2.40. The molecule has 4 rings (SSSR count). The maximum Gasteiger partial charge on any atom is 0.411 e.